The number of halogens is 1. The number of hydrogen-bond acceptors (Lipinski definition) is 3. The van der Waals surface area contributed by atoms with Crippen LogP contribution in [0.4, 0.5) is 0 Å². The van der Waals surface area contributed by atoms with E-state index in [2.05, 4.69) is 17.0 Å². The van der Waals surface area contributed by atoms with Crippen LogP contribution in [-0.4, -0.2) is 19.2 Å². The van der Waals surface area contributed by atoms with Gasteiger partial charge in [-0.1, -0.05) is 43.5 Å². The second-order valence-corrected chi connectivity index (χ2v) is 8.15. The molecule has 3 aromatic heterocycles. The lowest BCUT2D eigenvalue weighted by Crippen LogP contribution is -2.30. The van der Waals surface area contributed by atoms with Gasteiger partial charge >= 0.3 is 0 Å². The zero-order chi connectivity index (χ0) is 19.3. The number of fused-ring (bicyclic) bond motifs is 3. The molecule has 1 aliphatic rings. The number of pyridine rings is 1. The molecular weight excluding hydrogens is 372 g/mol. The molecule has 0 aliphatic heterocycles. The van der Waals surface area contributed by atoms with Crippen molar-refractivity contribution in [2.75, 3.05) is 0 Å². The zero-order valence-electron chi connectivity index (χ0n) is 15.7. The Kier molecular flexibility index (Phi) is 4.20. The first-order valence-corrected chi connectivity index (χ1v) is 10.1. The predicted molar refractivity (Wildman–Crippen MR) is 112 cm³/mol. The van der Waals surface area contributed by atoms with Crippen LogP contribution in [-0.2, 0) is 0 Å². The molecule has 5 nitrogen and oxygen atoms in total. The number of benzene rings is 1. The van der Waals surface area contributed by atoms with Gasteiger partial charge in [0.25, 0.3) is 5.56 Å². The van der Waals surface area contributed by atoms with Gasteiger partial charge in [0.05, 0.1) is 17.1 Å². The Hall–Kier alpha value is -2.66. The monoisotopic (exact) mass is 392 g/mol. The minimum Gasteiger partial charge on any atom is -0.312 e. The highest BCUT2D eigenvalue weighted by Gasteiger charge is 2.24. The second-order valence-electron chi connectivity index (χ2n) is 7.71. The summed E-state index contributed by atoms with van der Waals surface area (Å²) in [4.78, 5) is 17.8. The Bertz CT molecular complexity index is 1230. The first kappa shape index (κ1) is 17.4. The molecule has 6 heteroatoms. The zero-order valence-corrected chi connectivity index (χ0v) is 16.4. The quantitative estimate of drug-likeness (QED) is 0.476. The number of nitrogens with zero attached hydrogens (tertiary/aromatic N) is 4. The highest BCUT2D eigenvalue weighted by molar-refractivity contribution is 6.30. The van der Waals surface area contributed by atoms with E-state index >= 15 is 0 Å². The summed E-state index contributed by atoms with van der Waals surface area (Å²) in [6.45, 7) is 2.24. The fourth-order valence-electron chi connectivity index (χ4n) is 4.44. The molecule has 0 radical (unpaired) electrons. The van der Waals surface area contributed by atoms with Crippen LogP contribution in [0.25, 0.3) is 27.7 Å². The van der Waals surface area contributed by atoms with Gasteiger partial charge in [0.2, 0.25) is 0 Å². The van der Waals surface area contributed by atoms with E-state index in [0.717, 1.165) is 28.7 Å². The van der Waals surface area contributed by atoms with Crippen molar-refractivity contribution < 1.29 is 0 Å². The molecule has 1 aliphatic carbocycles. The van der Waals surface area contributed by atoms with Crippen LogP contribution in [0, 0.1) is 5.92 Å². The molecule has 142 valence electrons. The van der Waals surface area contributed by atoms with Crippen molar-refractivity contribution in [1.82, 2.24) is 19.2 Å². The highest BCUT2D eigenvalue weighted by atomic mass is 35.5. The van der Waals surface area contributed by atoms with E-state index in [4.69, 9.17) is 11.6 Å². The van der Waals surface area contributed by atoms with Gasteiger partial charge < -0.3 is 4.57 Å². The fraction of sp³-hybridized carbons (Fsp3) is 0.318. The summed E-state index contributed by atoms with van der Waals surface area (Å²) >= 11 is 6.00. The van der Waals surface area contributed by atoms with Gasteiger partial charge in [0.15, 0.2) is 5.65 Å². The SMILES string of the molecule is C[C@@H]1CCCC[C@@H]1n1ccc2c(cnc3c(-c4ccc(Cl)cc4)cnn32)c1=O. The first-order valence-electron chi connectivity index (χ1n) is 9.77. The fourth-order valence-corrected chi connectivity index (χ4v) is 4.56. The Morgan fingerprint density at radius 2 is 1.86 bits per heavy atom. The molecule has 0 saturated heterocycles. The van der Waals surface area contributed by atoms with Crippen LogP contribution in [0.3, 0.4) is 0 Å². The lowest BCUT2D eigenvalue weighted by molar-refractivity contribution is 0.253. The minimum absolute atomic E-state index is 0.0224. The summed E-state index contributed by atoms with van der Waals surface area (Å²) in [6.07, 6.45) is 10.1. The van der Waals surface area contributed by atoms with Crippen molar-refractivity contribution in [2.24, 2.45) is 5.92 Å². The van der Waals surface area contributed by atoms with Crippen LogP contribution in [0.1, 0.15) is 38.6 Å². The lowest BCUT2D eigenvalue weighted by atomic mass is 9.85. The maximum absolute atomic E-state index is 13.2. The molecule has 0 N–H and O–H groups in total. The smallest absolute Gasteiger partial charge is 0.261 e. The third-order valence-corrected chi connectivity index (χ3v) is 6.25. The van der Waals surface area contributed by atoms with Crippen LogP contribution in [0.2, 0.25) is 5.02 Å². The highest BCUT2D eigenvalue weighted by Crippen LogP contribution is 2.33. The molecular formula is C22H21ClN4O. The molecule has 28 heavy (non-hydrogen) atoms. The van der Waals surface area contributed by atoms with Gasteiger partial charge in [-0.15, -0.1) is 0 Å². The average Bonchev–Trinajstić information content (AvgIpc) is 3.14. The van der Waals surface area contributed by atoms with Gasteiger partial charge in [-0.2, -0.15) is 5.10 Å². The molecule has 0 amide bonds. The normalized spacial score (nSPS) is 20.1. The van der Waals surface area contributed by atoms with Crippen LogP contribution >= 0.6 is 11.6 Å². The van der Waals surface area contributed by atoms with Crippen molar-refractivity contribution in [3.63, 3.8) is 0 Å². The minimum atomic E-state index is 0.0224. The van der Waals surface area contributed by atoms with Crippen LogP contribution in [0.15, 0.2) is 53.7 Å². The predicted octanol–water partition coefficient (Wildman–Crippen LogP) is 5.12. The van der Waals surface area contributed by atoms with E-state index in [1.165, 1.54) is 19.3 Å². The molecule has 0 bridgehead atoms. The topological polar surface area (TPSA) is 52.2 Å². The van der Waals surface area contributed by atoms with Gasteiger partial charge in [-0.05, 0) is 42.5 Å². The van der Waals surface area contributed by atoms with Crippen molar-refractivity contribution >= 4 is 28.2 Å². The Morgan fingerprint density at radius 3 is 2.64 bits per heavy atom. The van der Waals surface area contributed by atoms with Crippen molar-refractivity contribution in [3.8, 4) is 11.1 Å². The molecule has 1 aromatic carbocycles. The Labute approximate surface area is 167 Å². The summed E-state index contributed by atoms with van der Waals surface area (Å²) in [5, 5.41) is 5.82. The maximum Gasteiger partial charge on any atom is 0.261 e. The summed E-state index contributed by atoms with van der Waals surface area (Å²) in [5.74, 6) is 0.516. The summed E-state index contributed by atoms with van der Waals surface area (Å²) in [6, 6.07) is 9.87. The molecule has 5 rings (SSSR count). The standard InChI is InChI=1S/C22H21ClN4O/c1-14-4-2-3-5-19(14)26-11-10-20-18(22(26)28)12-24-21-17(13-25-27(20)21)15-6-8-16(23)9-7-15/h6-14,19H,2-5H2,1H3/t14-,19+/m1/s1. The molecule has 2 atom stereocenters. The lowest BCUT2D eigenvalue weighted by Gasteiger charge is -2.30. The molecule has 3 heterocycles. The average molecular weight is 393 g/mol. The van der Waals surface area contributed by atoms with E-state index in [9.17, 15) is 4.79 Å². The molecule has 1 fully saturated rings. The van der Waals surface area contributed by atoms with Gasteiger partial charge in [0.1, 0.15) is 0 Å². The van der Waals surface area contributed by atoms with Crippen LogP contribution in [0.5, 0.6) is 0 Å². The summed E-state index contributed by atoms with van der Waals surface area (Å²) in [7, 11) is 0. The second kappa shape index (κ2) is 6.74. The number of aromatic nitrogens is 4. The van der Waals surface area contributed by atoms with E-state index < -0.39 is 0 Å². The van der Waals surface area contributed by atoms with Crippen molar-refractivity contribution in [3.05, 3.63) is 64.3 Å². The van der Waals surface area contributed by atoms with Gasteiger partial charge in [-0.25, -0.2) is 9.50 Å². The molecule has 1 saturated carbocycles. The molecule has 0 unspecified atom stereocenters. The summed E-state index contributed by atoms with van der Waals surface area (Å²) < 4.78 is 3.67. The maximum atomic E-state index is 13.2. The van der Waals surface area contributed by atoms with Crippen molar-refractivity contribution in [2.45, 2.75) is 38.6 Å². The van der Waals surface area contributed by atoms with Gasteiger partial charge in [-0.3, -0.25) is 4.79 Å². The third-order valence-electron chi connectivity index (χ3n) is 6.00. The Morgan fingerprint density at radius 1 is 1.07 bits per heavy atom. The molecule has 0 spiro atoms. The largest absolute Gasteiger partial charge is 0.312 e. The van der Waals surface area contributed by atoms with E-state index in [0.29, 0.717) is 16.3 Å². The van der Waals surface area contributed by atoms with Crippen LogP contribution < -0.4 is 5.56 Å². The Balaban J connectivity index is 1.66. The first-order chi connectivity index (χ1) is 13.6. The van der Waals surface area contributed by atoms with Gasteiger partial charge in [0, 0.05) is 29.0 Å². The van der Waals surface area contributed by atoms with E-state index in [1.54, 1.807) is 16.9 Å². The third kappa shape index (κ3) is 2.73. The van der Waals surface area contributed by atoms with Crippen molar-refractivity contribution in [1.29, 1.82) is 0 Å². The number of hydrogen-bond donors (Lipinski definition) is 0. The van der Waals surface area contributed by atoms with E-state index in [-0.39, 0.29) is 11.6 Å². The molecule has 4 aromatic rings. The summed E-state index contributed by atoms with van der Waals surface area (Å²) in [5.41, 5.74) is 3.46. The number of rotatable bonds is 2. The van der Waals surface area contributed by atoms with E-state index in [1.807, 2.05) is 41.1 Å².